The van der Waals surface area contributed by atoms with Gasteiger partial charge in [-0.25, -0.2) is 0 Å². The Morgan fingerprint density at radius 3 is 2.50 bits per heavy atom. The first kappa shape index (κ1) is 13.0. The van der Waals surface area contributed by atoms with Gasteiger partial charge < -0.3 is 9.55 Å². The number of para-hydroxylation sites is 1. The average molecular weight is 436 g/mol. The van der Waals surface area contributed by atoms with Crippen molar-refractivity contribution in [1.29, 1.82) is 0 Å². The van der Waals surface area contributed by atoms with Crippen molar-refractivity contribution in [1.82, 2.24) is 9.55 Å². The Bertz CT molecular complexity index is 813. The van der Waals surface area contributed by atoms with E-state index in [1.807, 2.05) is 30.5 Å². The molecule has 99 valence electrons. The van der Waals surface area contributed by atoms with E-state index in [2.05, 4.69) is 52.0 Å². The molecule has 0 aliphatic heterocycles. The van der Waals surface area contributed by atoms with Gasteiger partial charge in [-0.3, -0.25) is 0 Å². The Hall–Kier alpha value is -1.96. The molecule has 0 saturated heterocycles. The number of fused-ring (bicyclic) bond motifs is 3. The molecule has 1 radical (unpaired) electrons. The molecule has 0 saturated carbocycles. The van der Waals surface area contributed by atoms with Gasteiger partial charge in [-0.05, 0) is 29.8 Å². The maximum absolute atomic E-state index is 4.50. The van der Waals surface area contributed by atoms with E-state index in [-0.39, 0.29) is 20.1 Å². The molecule has 0 atom stereocenters. The SMILES string of the molecule is [Ir].[c-]1cccc2c1c1ncccc1n2-c1ccccc1. The molecule has 0 amide bonds. The van der Waals surface area contributed by atoms with Crippen LogP contribution in [0.3, 0.4) is 0 Å². The van der Waals surface area contributed by atoms with Gasteiger partial charge in [0.25, 0.3) is 0 Å². The number of aromatic nitrogens is 2. The summed E-state index contributed by atoms with van der Waals surface area (Å²) in [5.74, 6) is 0. The molecule has 0 aliphatic rings. The van der Waals surface area contributed by atoms with Crippen molar-refractivity contribution in [3.8, 4) is 5.69 Å². The Kier molecular flexibility index (Phi) is 3.39. The number of pyridine rings is 1. The monoisotopic (exact) mass is 436 g/mol. The van der Waals surface area contributed by atoms with Crippen molar-refractivity contribution >= 4 is 21.9 Å². The van der Waals surface area contributed by atoms with Crippen LogP contribution in [0.4, 0.5) is 0 Å². The number of rotatable bonds is 1. The summed E-state index contributed by atoms with van der Waals surface area (Å²) in [6, 6.07) is 23.8. The Balaban J connectivity index is 0.00000121. The van der Waals surface area contributed by atoms with Crippen LogP contribution in [0.2, 0.25) is 0 Å². The quantitative estimate of drug-likeness (QED) is 0.414. The zero-order valence-electron chi connectivity index (χ0n) is 10.6. The first-order chi connectivity index (χ1) is 9.45. The van der Waals surface area contributed by atoms with Crippen molar-refractivity contribution in [3.63, 3.8) is 0 Å². The van der Waals surface area contributed by atoms with Crippen LogP contribution in [0.15, 0.2) is 66.9 Å². The summed E-state index contributed by atoms with van der Waals surface area (Å²) in [6.45, 7) is 0. The molecule has 2 heterocycles. The van der Waals surface area contributed by atoms with Crippen molar-refractivity contribution in [2.75, 3.05) is 0 Å². The van der Waals surface area contributed by atoms with Crippen LogP contribution in [0, 0.1) is 6.07 Å². The van der Waals surface area contributed by atoms with Gasteiger partial charge in [0.1, 0.15) is 0 Å². The summed E-state index contributed by atoms with van der Waals surface area (Å²) in [5, 5.41) is 1.07. The molecule has 0 N–H and O–H groups in total. The third kappa shape index (κ3) is 1.87. The first-order valence-electron chi connectivity index (χ1n) is 6.26. The average Bonchev–Trinajstić information content (AvgIpc) is 2.83. The summed E-state index contributed by atoms with van der Waals surface area (Å²) in [7, 11) is 0. The molecular formula is C17H11IrN2-. The molecule has 4 aromatic rings. The van der Waals surface area contributed by atoms with E-state index in [0.29, 0.717) is 0 Å². The van der Waals surface area contributed by atoms with E-state index < -0.39 is 0 Å². The molecule has 2 nitrogen and oxygen atoms in total. The summed E-state index contributed by atoms with van der Waals surface area (Å²) in [4.78, 5) is 4.50. The third-order valence-electron chi connectivity index (χ3n) is 3.35. The first-order valence-corrected chi connectivity index (χ1v) is 6.26. The van der Waals surface area contributed by atoms with Gasteiger partial charge >= 0.3 is 0 Å². The van der Waals surface area contributed by atoms with Crippen LogP contribution in [-0.2, 0) is 20.1 Å². The number of hydrogen-bond donors (Lipinski definition) is 0. The van der Waals surface area contributed by atoms with Gasteiger partial charge in [0.05, 0.1) is 0 Å². The molecule has 0 aliphatic carbocycles. The van der Waals surface area contributed by atoms with Crippen molar-refractivity contribution in [3.05, 3.63) is 72.9 Å². The van der Waals surface area contributed by atoms with Gasteiger partial charge in [-0.15, -0.1) is 24.3 Å². The molecule has 0 unspecified atom stereocenters. The predicted octanol–water partition coefficient (Wildman–Crippen LogP) is 3.98. The van der Waals surface area contributed by atoms with Gasteiger partial charge in [0.15, 0.2) is 0 Å². The molecule has 3 heteroatoms. The zero-order chi connectivity index (χ0) is 12.7. The van der Waals surface area contributed by atoms with E-state index in [4.69, 9.17) is 0 Å². The predicted molar refractivity (Wildman–Crippen MR) is 77.4 cm³/mol. The van der Waals surface area contributed by atoms with Crippen molar-refractivity contribution in [2.24, 2.45) is 0 Å². The second kappa shape index (κ2) is 5.20. The molecule has 20 heavy (non-hydrogen) atoms. The van der Waals surface area contributed by atoms with Gasteiger partial charge in [-0.1, -0.05) is 23.6 Å². The van der Waals surface area contributed by atoms with Gasteiger partial charge in [0, 0.05) is 43.0 Å². The Labute approximate surface area is 130 Å². The van der Waals surface area contributed by atoms with Crippen LogP contribution in [0.1, 0.15) is 0 Å². The number of benzene rings is 2. The minimum atomic E-state index is 0. The molecular weight excluding hydrogens is 424 g/mol. The molecule has 2 aromatic heterocycles. The number of hydrogen-bond acceptors (Lipinski definition) is 1. The fourth-order valence-electron chi connectivity index (χ4n) is 2.56. The van der Waals surface area contributed by atoms with E-state index in [9.17, 15) is 0 Å². The molecule has 0 spiro atoms. The molecule has 0 fully saturated rings. The smallest absolute Gasteiger partial charge is 0.0366 e. The van der Waals surface area contributed by atoms with Crippen LogP contribution in [-0.4, -0.2) is 9.55 Å². The van der Waals surface area contributed by atoms with E-state index in [1.54, 1.807) is 0 Å². The van der Waals surface area contributed by atoms with Crippen molar-refractivity contribution in [2.45, 2.75) is 0 Å². The van der Waals surface area contributed by atoms with Crippen LogP contribution < -0.4 is 0 Å². The largest absolute Gasteiger partial charge is 0.358 e. The summed E-state index contributed by atoms with van der Waals surface area (Å²) < 4.78 is 2.23. The van der Waals surface area contributed by atoms with Crippen LogP contribution in [0.25, 0.3) is 27.6 Å². The Morgan fingerprint density at radius 1 is 0.850 bits per heavy atom. The second-order valence-corrected chi connectivity index (χ2v) is 4.47. The van der Waals surface area contributed by atoms with Gasteiger partial charge in [0.2, 0.25) is 0 Å². The normalized spacial score (nSPS) is 10.6. The molecule has 2 aromatic carbocycles. The summed E-state index contributed by atoms with van der Waals surface area (Å²) in [5.41, 5.74) is 4.41. The summed E-state index contributed by atoms with van der Waals surface area (Å²) in [6.07, 6.45) is 1.83. The fraction of sp³-hybridized carbons (Fsp3) is 0. The maximum atomic E-state index is 4.50. The van der Waals surface area contributed by atoms with E-state index in [1.165, 1.54) is 0 Å². The topological polar surface area (TPSA) is 17.8 Å². The minimum Gasteiger partial charge on any atom is -0.358 e. The summed E-state index contributed by atoms with van der Waals surface area (Å²) >= 11 is 0. The van der Waals surface area contributed by atoms with Crippen LogP contribution in [0.5, 0.6) is 0 Å². The maximum Gasteiger partial charge on any atom is 0.0366 e. The zero-order valence-corrected chi connectivity index (χ0v) is 13.0. The minimum absolute atomic E-state index is 0. The second-order valence-electron chi connectivity index (χ2n) is 4.47. The number of nitrogens with zero attached hydrogens (tertiary/aromatic N) is 2. The fourth-order valence-corrected chi connectivity index (χ4v) is 2.56. The molecule has 4 rings (SSSR count). The van der Waals surface area contributed by atoms with E-state index in [0.717, 1.165) is 27.6 Å². The Morgan fingerprint density at radius 2 is 1.65 bits per heavy atom. The van der Waals surface area contributed by atoms with E-state index >= 15 is 0 Å². The standard InChI is InChI=1S/C17H11N2.Ir/c1-2-7-13(8-3-1)19-15-10-5-4-9-14(15)17-16(19)11-6-12-18-17;/h1-8,10-12H;/q-1;. The van der Waals surface area contributed by atoms with Gasteiger partial charge in [-0.2, -0.15) is 0 Å². The third-order valence-corrected chi connectivity index (χ3v) is 3.35. The molecule has 0 bridgehead atoms. The van der Waals surface area contributed by atoms with Crippen LogP contribution >= 0.6 is 0 Å². The van der Waals surface area contributed by atoms with Crippen molar-refractivity contribution < 1.29 is 20.1 Å².